The molecule has 0 aliphatic carbocycles. The average molecular weight is 406 g/mol. The molecular formula is C16H11IN2O3. The summed E-state index contributed by atoms with van der Waals surface area (Å²) in [4.78, 5) is 29.9. The van der Waals surface area contributed by atoms with E-state index in [9.17, 15) is 9.59 Å². The monoisotopic (exact) mass is 406 g/mol. The third-order valence-corrected chi connectivity index (χ3v) is 3.86. The van der Waals surface area contributed by atoms with Crippen LogP contribution in [0.25, 0.3) is 10.9 Å². The van der Waals surface area contributed by atoms with Gasteiger partial charge in [0, 0.05) is 16.2 Å². The zero-order valence-electron chi connectivity index (χ0n) is 11.6. The third kappa shape index (κ3) is 2.74. The number of para-hydroxylation sites is 1. The van der Waals surface area contributed by atoms with Gasteiger partial charge in [-0.15, -0.1) is 0 Å². The van der Waals surface area contributed by atoms with Crippen molar-refractivity contribution in [2.75, 3.05) is 11.9 Å². The molecule has 5 nitrogen and oxygen atoms in total. The normalized spacial score (nSPS) is 10.6. The van der Waals surface area contributed by atoms with E-state index in [0.717, 1.165) is 3.57 Å². The van der Waals surface area contributed by atoms with E-state index in [2.05, 4.69) is 27.6 Å². The van der Waals surface area contributed by atoms with Crippen LogP contribution in [0.15, 0.2) is 57.7 Å². The minimum absolute atomic E-state index is 0.0208. The molecule has 22 heavy (non-hydrogen) atoms. The summed E-state index contributed by atoms with van der Waals surface area (Å²) in [5, 5.41) is 0.390. The molecule has 0 N–H and O–H groups in total. The molecule has 0 bridgehead atoms. The molecule has 3 rings (SSSR count). The predicted octanol–water partition coefficient (Wildman–Crippen LogP) is 3.07. The van der Waals surface area contributed by atoms with Crippen molar-refractivity contribution in [2.45, 2.75) is 0 Å². The number of amides is 1. The van der Waals surface area contributed by atoms with Crippen molar-refractivity contribution < 1.29 is 9.21 Å². The molecule has 6 heteroatoms. The number of nitrogens with zero attached hydrogens (tertiary/aromatic N) is 2. The molecule has 0 spiro atoms. The maximum Gasteiger partial charge on any atom is 0.348 e. The summed E-state index contributed by atoms with van der Waals surface area (Å²) in [5.74, 6) is -0.288. The molecule has 0 saturated heterocycles. The molecule has 0 radical (unpaired) electrons. The van der Waals surface area contributed by atoms with Gasteiger partial charge in [0.1, 0.15) is 0 Å². The molecule has 0 fully saturated rings. The lowest BCUT2D eigenvalue weighted by molar-refractivity contribution is 0.0987. The smallest absolute Gasteiger partial charge is 0.348 e. The van der Waals surface area contributed by atoms with Crippen molar-refractivity contribution in [1.29, 1.82) is 0 Å². The van der Waals surface area contributed by atoms with Crippen LogP contribution in [-0.4, -0.2) is 17.9 Å². The zero-order chi connectivity index (χ0) is 15.7. The minimum Gasteiger partial charge on any atom is -0.388 e. The summed E-state index contributed by atoms with van der Waals surface area (Å²) in [5.41, 5.74) is 0.492. The van der Waals surface area contributed by atoms with Gasteiger partial charge in [0.15, 0.2) is 0 Å². The van der Waals surface area contributed by atoms with Crippen molar-refractivity contribution in [3.63, 3.8) is 0 Å². The van der Waals surface area contributed by atoms with Crippen LogP contribution in [0.1, 0.15) is 10.4 Å². The topological polar surface area (TPSA) is 63.4 Å². The predicted molar refractivity (Wildman–Crippen MR) is 92.2 cm³/mol. The summed E-state index contributed by atoms with van der Waals surface area (Å²) in [6.45, 7) is 0. The van der Waals surface area contributed by atoms with Gasteiger partial charge in [0.2, 0.25) is 0 Å². The van der Waals surface area contributed by atoms with Gasteiger partial charge in [-0.1, -0.05) is 18.2 Å². The Morgan fingerprint density at radius 1 is 1.18 bits per heavy atom. The second-order valence-electron chi connectivity index (χ2n) is 4.68. The van der Waals surface area contributed by atoms with Gasteiger partial charge >= 0.3 is 11.6 Å². The van der Waals surface area contributed by atoms with E-state index in [-0.39, 0.29) is 11.9 Å². The van der Waals surface area contributed by atoms with E-state index < -0.39 is 5.63 Å². The van der Waals surface area contributed by atoms with Crippen LogP contribution >= 0.6 is 22.6 Å². The highest BCUT2D eigenvalue weighted by atomic mass is 127. The molecule has 1 aromatic heterocycles. The second-order valence-corrected chi connectivity index (χ2v) is 5.92. The van der Waals surface area contributed by atoms with E-state index in [1.807, 2.05) is 6.07 Å². The quantitative estimate of drug-likeness (QED) is 0.614. The van der Waals surface area contributed by atoms with Gasteiger partial charge < -0.3 is 4.42 Å². The number of hydrogen-bond acceptors (Lipinski definition) is 4. The summed E-state index contributed by atoms with van der Waals surface area (Å²) in [7, 11) is 1.53. The molecule has 3 aromatic rings. The Balaban J connectivity index is 2.03. The summed E-state index contributed by atoms with van der Waals surface area (Å²) in [6, 6.07) is 14.0. The first-order valence-corrected chi connectivity index (χ1v) is 7.57. The molecule has 0 aliphatic rings. The average Bonchev–Trinajstić information content (AvgIpc) is 2.53. The standard InChI is InChI=1S/C16H11IN2O3/c1-19(14(20)10-5-4-6-11(17)9-10)16-18-13-8-3-2-7-12(13)15(21)22-16/h2-9H,1H3. The number of benzene rings is 2. The number of fused-ring (bicyclic) bond motifs is 1. The zero-order valence-corrected chi connectivity index (χ0v) is 13.8. The maximum atomic E-state index is 12.5. The summed E-state index contributed by atoms with van der Waals surface area (Å²) >= 11 is 2.13. The van der Waals surface area contributed by atoms with Crippen LogP contribution < -0.4 is 10.5 Å². The Morgan fingerprint density at radius 3 is 2.73 bits per heavy atom. The Kier molecular flexibility index (Phi) is 3.93. The number of anilines is 1. The van der Waals surface area contributed by atoms with Crippen molar-refractivity contribution in [1.82, 2.24) is 4.98 Å². The number of carbonyl (C=O) groups excluding carboxylic acids is 1. The molecular weight excluding hydrogens is 395 g/mol. The van der Waals surface area contributed by atoms with E-state index in [1.54, 1.807) is 42.5 Å². The van der Waals surface area contributed by atoms with E-state index >= 15 is 0 Å². The van der Waals surface area contributed by atoms with Crippen molar-refractivity contribution in [3.8, 4) is 0 Å². The van der Waals surface area contributed by atoms with Crippen LogP contribution in [0.5, 0.6) is 0 Å². The SMILES string of the molecule is CN(C(=O)c1cccc(I)c1)c1nc2ccccc2c(=O)o1. The molecule has 2 aromatic carbocycles. The van der Waals surface area contributed by atoms with Gasteiger partial charge in [-0.05, 0) is 52.9 Å². The van der Waals surface area contributed by atoms with Crippen LogP contribution in [-0.2, 0) is 0 Å². The number of rotatable bonds is 2. The molecule has 110 valence electrons. The van der Waals surface area contributed by atoms with Crippen LogP contribution in [0, 0.1) is 3.57 Å². The first kappa shape index (κ1) is 14.7. The van der Waals surface area contributed by atoms with Gasteiger partial charge in [-0.3, -0.25) is 9.69 Å². The summed E-state index contributed by atoms with van der Waals surface area (Å²) in [6.07, 6.45) is 0. The lowest BCUT2D eigenvalue weighted by Crippen LogP contribution is -2.28. The van der Waals surface area contributed by atoms with Gasteiger partial charge in [-0.25, -0.2) is 4.79 Å². The Hall–Kier alpha value is -2.22. The largest absolute Gasteiger partial charge is 0.388 e. The third-order valence-electron chi connectivity index (χ3n) is 3.19. The second kappa shape index (κ2) is 5.88. The molecule has 0 unspecified atom stereocenters. The highest BCUT2D eigenvalue weighted by molar-refractivity contribution is 14.1. The van der Waals surface area contributed by atoms with Gasteiger partial charge in [0.05, 0.1) is 10.9 Å². The fraction of sp³-hybridized carbons (Fsp3) is 0.0625. The molecule has 0 aliphatic heterocycles. The van der Waals surface area contributed by atoms with Crippen molar-refractivity contribution in [2.24, 2.45) is 0 Å². The Labute approximate surface area is 139 Å². The number of aromatic nitrogens is 1. The first-order valence-electron chi connectivity index (χ1n) is 6.50. The van der Waals surface area contributed by atoms with Gasteiger partial charge in [-0.2, -0.15) is 4.98 Å². The minimum atomic E-state index is -0.511. The Bertz CT molecular complexity index is 920. The van der Waals surface area contributed by atoms with E-state index in [4.69, 9.17) is 4.42 Å². The van der Waals surface area contributed by atoms with Crippen molar-refractivity contribution in [3.05, 3.63) is 68.1 Å². The number of carbonyl (C=O) groups is 1. The number of halogens is 1. The van der Waals surface area contributed by atoms with Crippen LogP contribution in [0.4, 0.5) is 6.01 Å². The Morgan fingerprint density at radius 2 is 1.95 bits per heavy atom. The molecule has 0 saturated carbocycles. The highest BCUT2D eigenvalue weighted by Gasteiger charge is 2.18. The fourth-order valence-electron chi connectivity index (χ4n) is 2.05. The maximum absolute atomic E-state index is 12.5. The first-order chi connectivity index (χ1) is 10.6. The van der Waals surface area contributed by atoms with Crippen molar-refractivity contribution >= 4 is 45.4 Å². The lowest BCUT2D eigenvalue weighted by atomic mass is 10.2. The van der Waals surface area contributed by atoms with E-state index in [0.29, 0.717) is 16.5 Å². The lowest BCUT2D eigenvalue weighted by Gasteiger charge is -2.14. The highest BCUT2D eigenvalue weighted by Crippen LogP contribution is 2.16. The van der Waals surface area contributed by atoms with Crippen LogP contribution in [0.2, 0.25) is 0 Å². The van der Waals surface area contributed by atoms with Crippen LogP contribution in [0.3, 0.4) is 0 Å². The molecule has 0 atom stereocenters. The van der Waals surface area contributed by atoms with E-state index in [1.165, 1.54) is 11.9 Å². The summed E-state index contributed by atoms with van der Waals surface area (Å²) < 4.78 is 6.11. The number of hydrogen-bond donors (Lipinski definition) is 0. The molecule has 1 amide bonds. The fourth-order valence-corrected chi connectivity index (χ4v) is 2.60. The molecule has 1 heterocycles. The van der Waals surface area contributed by atoms with Gasteiger partial charge in [0.25, 0.3) is 5.91 Å².